The maximum absolute atomic E-state index is 15.1. The predicted octanol–water partition coefficient (Wildman–Crippen LogP) is 5.95. The highest BCUT2D eigenvalue weighted by Crippen LogP contribution is 2.42. The number of nitrogens with zero attached hydrogens (tertiary/aromatic N) is 4. The summed E-state index contributed by atoms with van der Waals surface area (Å²) >= 11 is 0. The van der Waals surface area contributed by atoms with Crippen LogP contribution in [-0.4, -0.2) is 50.1 Å². The van der Waals surface area contributed by atoms with E-state index in [2.05, 4.69) is 15.5 Å². The normalized spacial score (nSPS) is 41.4. The van der Waals surface area contributed by atoms with Gasteiger partial charge in [-0.3, -0.25) is 9.69 Å². The van der Waals surface area contributed by atoms with Crippen molar-refractivity contribution >= 4 is 5.91 Å². The van der Waals surface area contributed by atoms with Crippen LogP contribution in [0.5, 0.6) is 0 Å². The van der Waals surface area contributed by atoms with Gasteiger partial charge in [-0.15, -0.1) is 10.2 Å². The number of piperidine rings is 1. The van der Waals surface area contributed by atoms with Crippen LogP contribution in [0.3, 0.4) is 0 Å². The molecule has 1 saturated carbocycles. The quantitative estimate of drug-likeness (QED) is 0.456. The van der Waals surface area contributed by atoms with Crippen LogP contribution in [0.2, 0.25) is 0 Å². The highest BCUT2D eigenvalue weighted by atomic mass is 19.3. The number of halogens is 2. The van der Waals surface area contributed by atoms with Crippen molar-refractivity contribution in [2.45, 2.75) is 114 Å². The fourth-order valence-corrected chi connectivity index (χ4v) is 5.39. The van der Waals surface area contributed by atoms with Gasteiger partial charge in [0, 0.05) is 75.2 Å². The molecule has 2 saturated heterocycles. The number of hydrogen-bond donors (Lipinski definition) is 1. The Labute approximate surface area is 245 Å². The first-order chi connectivity index (χ1) is 25.1. The van der Waals surface area contributed by atoms with E-state index in [1.54, 1.807) is 6.07 Å². The Morgan fingerprint density at radius 2 is 1.86 bits per heavy atom. The molecule has 3 heterocycles. The van der Waals surface area contributed by atoms with E-state index in [1.807, 2.05) is 0 Å². The smallest absolute Gasteiger partial charge is 0.248 e. The van der Waals surface area contributed by atoms with Gasteiger partial charge < -0.3 is 9.88 Å². The summed E-state index contributed by atoms with van der Waals surface area (Å²) in [6, 6.07) is 3.85. The van der Waals surface area contributed by atoms with Crippen LogP contribution >= 0.6 is 0 Å². The molecule has 5 rings (SSSR count). The molecule has 3 aliphatic rings. The zero-order valence-electron chi connectivity index (χ0n) is 38.8. The van der Waals surface area contributed by atoms with Gasteiger partial charge in [-0.05, 0) is 57.3 Å². The lowest BCUT2D eigenvalue weighted by Gasteiger charge is -2.40. The lowest BCUT2D eigenvalue weighted by Crippen LogP contribution is -2.45. The molecule has 3 fully saturated rings. The van der Waals surface area contributed by atoms with Crippen LogP contribution in [0.4, 0.5) is 8.78 Å². The molecule has 2 bridgehead atoms. The molecule has 0 radical (unpaired) electrons. The zero-order valence-corrected chi connectivity index (χ0v) is 19.8. The minimum atomic E-state index is -5.22. The van der Waals surface area contributed by atoms with E-state index in [9.17, 15) is 7.54 Å². The Kier molecular flexibility index (Phi) is 3.44. The van der Waals surface area contributed by atoms with Gasteiger partial charge in [0.2, 0.25) is 11.8 Å². The topological polar surface area (TPSA) is 63.1 Å². The molecule has 1 amide bonds. The molecule has 2 aromatic rings. The second kappa shape index (κ2) is 10.8. The molecule has 1 N–H and O–H groups in total. The summed E-state index contributed by atoms with van der Waals surface area (Å²) in [6.07, 6.45) is -16.6. The minimum absolute atomic E-state index is 0.0118. The number of fused-ring (bicyclic) bond motifs is 2. The number of carbonyl (C=O) groups excluding carboxylic acids is 1. The van der Waals surface area contributed by atoms with Crippen LogP contribution in [0.1, 0.15) is 133 Å². The standard InChI is InChI=1S/C29H41F2N5O/c1-19(2)27-34-33-20(3)36(27)25-17-23-9-10-24(18-25)35(23)16-13-26(21-7-5-4-6-8-21)32-28(37)22-11-14-29(30,31)15-12-22/h4-8,19,22-26H,9-18H2,1-3H3,(H,32,37)/i1D3,2D3,3D3,11D2,12D2,14D2,15D2,16D2. The van der Waals surface area contributed by atoms with Crippen molar-refractivity contribution < 1.29 is 39.6 Å². The zero-order chi connectivity index (χ0) is 42.6. The summed E-state index contributed by atoms with van der Waals surface area (Å²) in [7, 11) is 0. The molecule has 3 unspecified atom stereocenters. The van der Waals surface area contributed by atoms with E-state index in [0.29, 0.717) is 12.8 Å². The summed E-state index contributed by atoms with van der Waals surface area (Å²) in [6.45, 7) is -11.6. The average molecular weight is 533 g/mol. The number of benzene rings is 1. The summed E-state index contributed by atoms with van der Waals surface area (Å²) in [5, 5.41) is 9.80. The first-order valence-corrected chi connectivity index (χ1v) is 12.1. The van der Waals surface area contributed by atoms with Gasteiger partial charge >= 0.3 is 0 Å². The Morgan fingerprint density at radius 3 is 2.51 bits per heavy atom. The van der Waals surface area contributed by atoms with Crippen molar-refractivity contribution in [1.29, 1.82) is 0 Å². The molecule has 1 aromatic heterocycles. The molecular formula is C29H41F2N5O. The Bertz CT molecular complexity index is 1720. The van der Waals surface area contributed by atoms with Crippen molar-refractivity contribution in [3.05, 3.63) is 47.5 Å². The van der Waals surface area contributed by atoms with E-state index in [-0.39, 0.29) is 18.4 Å². The fraction of sp³-hybridized carbons (Fsp3) is 0.690. The number of aromatic nitrogens is 3. The van der Waals surface area contributed by atoms with E-state index in [1.165, 1.54) is 29.2 Å². The first kappa shape index (κ1) is 11.8. The average Bonchev–Trinajstić information content (AvgIpc) is 3.57. The number of carbonyl (C=O) groups is 1. The van der Waals surface area contributed by atoms with E-state index in [0.717, 1.165) is 4.57 Å². The second-order valence-corrected chi connectivity index (χ2v) is 9.48. The summed E-state index contributed by atoms with van der Waals surface area (Å²) in [5.41, 5.74) is 0.206. The summed E-state index contributed by atoms with van der Waals surface area (Å²) in [4.78, 5) is 15.4. The number of amides is 1. The molecule has 1 aromatic carbocycles. The van der Waals surface area contributed by atoms with Gasteiger partial charge in [0.1, 0.15) is 11.6 Å². The SMILES string of the molecule is [2H]C([2H])([2H])c1nnc(C(C([2H])([2H])[2H])C([2H])([2H])[2H])n1C1CC2CCC(C1)N2C([2H])([2H])CC(NC(=O)C1C([2H])([2H])C([2H])([2H])C(F)(F)C([2H])([2H])C1([2H])[2H])c1ccccc1. The Hall–Kier alpha value is -2.35. The lowest BCUT2D eigenvalue weighted by molar-refractivity contribution is -0.130. The van der Waals surface area contributed by atoms with Crippen LogP contribution in [-0.2, 0) is 4.79 Å². The monoisotopic (exact) mass is 532 g/mol. The predicted molar refractivity (Wildman–Crippen MR) is 139 cm³/mol. The Balaban J connectivity index is 1.48. The molecule has 202 valence electrons. The first-order valence-electron chi connectivity index (χ1n) is 21.6. The van der Waals surface area contributed by atoms with Crippen LogP contribution in [0.15, 0.2) is 30.3 Å². The highest BCUT2D eigenvalue weighted by molar-refractivity contribution is 5.79. The molecule has 6 nitrogen and oxygen atoms in total. The van der Waals surface area contributed by atoms with Crippen molar-refractivity contribution in [2.75, 3.05) is 6.50 Å². The number of hydrogen-bond acceptors (Lipinski definition) is 4. The summed E-state index contributed by atoms with van der Waals surface area (Å²) < 4.78 is 186. The highest BCUT2D eigenvalue weighted by Gasteiger charge is 2.42. The summed E-state index contributed by atoms with van der Waals surface area (Å²) in [5.74, 6) is -13.3. The Morgan fingerprint density at radius 1 is 1.16 bits per heavy atom. The van der Waals surface area contributed by atoms with Crippen LogP contribution < -0.4 is 5.32 Å². The van der Waals surface area contributed by atoms with E-state index < -0.39 is 118 Å². The third kappa shape index (κ3) is 5.74. The van der Waals surface area contributed by atoms with Gasteiger partial charge in [-0.2, -0.15) is 0 Å². The van der Waals surface area contributed by atoms with Crippen molar-refractivity contribution in [1.82, 2.24) is 25.0 Å². The van der Waals surface area contributed by atoms with E-state index >= 15 is 8.78 Å². The van der Waals surface area contributed by atoms with Crippen molar-refractivity contribution in [2.24, 2.45) is 5.92 Å². The molecule has 37 heavy (non-hydrogen) atoms. The molecule has 1 aliphatic carbocycles. The molecular weight excluding hydrogens is 472 g/mol. The largest absolute Gasteiger partial charge is 0.349 e. The van der Waals surface area contributed by atoms with Gasteiger partial charge in [0.25, 0.3) is 0 Å². The molecule has 3 atom stereocenters. The van der Waals surface area contributed by atoms with Crippen LogP contribution in [0, 0.1) is 12.8 Å². The van der Waals surface area contributed by atoms with Gasteiger partial charge in [0.15, 0.2) is 0 Å². The third-order valence-electron chi connectivity index (χ3n) is 7.06. The van der Waals surface area contributed by atoms with Crippen LogP contribution in [0.25, 0.3) is 0 Å². The van der Waals surface area contributed by atoms with Crippen molar-refractivity contribution in [3.63, 3.8) is 0 Å². The number of alkyl halides is 2. The fourth-order valence-electron chi connectivity index (χ4n) is 5.39. The van der Waals surface area contributed by atoms with Gasteiger partial charge in [-0.1, -0.05) is 44.0 Å². The minimum Gasteiger partial charge on any atom is -0.349 e. The third-order valence-corrected chi connectivity index (χ3v) is 7.06. The number of rotatable bonds is 8. The molecule has 2 aliphatic heterocycles. The molecule has 8 heteroatoms. The maximum Gasteiger partial charge on any atom is 0.248 e. The van der Waals surface area contributed by atoms with E-state index in [4.69, 9.17) is 23.3 Å². The maximum atomic E-state index is 15.1. The number of aryl methyl sites for hydroxylation is 1. The van der Waals surface area contributed by atoms with Gasteiger partial charge in [-0.25, -0.2) is 8.78 Å². The van der Waals surface area contributed by atoms with Crippen molar-refractivity contribution in [3.8, 4) is 0 Å². The second-order valence-electron chi connectivity index (χ2n) is 9.48. The van der Waals surface area contributed by atoms with Gasteiger partial charge in [0.05, 0.1) is 6.04 Å². The lowest BCUT2D eigenvalue weighted by atomic mass is 9.86. The molecule has 0 spiro atoms. The number of nitrogens with one attached hydrogen (secondary N) is 1.